The van der Waals surface area contributed by atoms with Crippen LogP contribution in [0, 0.1) is 0 Å². The molecule has 3 aliphatic rings. The largest absolute Gasteiger partial charge is 0.352 e. The number of nitrogens with one attached hydrogen (secondary N) is 2. The molecule has 1 saturated carbocycles. The van der Waals surface area contributed by atoms with E-state index in [4.69, 9.17) is 0 Å². The lowest BCUT2D eigenvalue weighted by Gasteiger charge is -2.32. The fourth-order valence-electron chi connectivity index (χ4n) is 3.06. The van der Waals surface area contributed by atoms with Crippen molar-refractivity contribution in [2.75, 3.05) is 19.6 Å². The molecule has 2 heterocycles. The summed E-state index contributed by atoms with van der Waals surface area (Å²) in [7, 11) is 0. The lowest BCUT2D eigenvalue weighted by Crippen LogP contribution is -2.49. The van der Waals surface area contributed by atoms with E-state index in [9.17, 15) is 4.79 Å². The Labute approximate surface area is 127 Å². The van der Waals surface area contributed by atoms with Gasteiger partial charge in [0.05, 0.1) is 6.04 Å². The van der Waals surface area contributed by atoms with Gasteiger partial charge in [-0.25, -0.2) is 0 Å². The molecular formula is C13H25Cl2N3O. The summed E-state index contributed by atoms with van der Waals surface area (Å²) in [6.45, 7) is 3.35. The van der Waals surface area contributed by atoms with Crippen molar-refractivity contribution in [3.8, 4) is 0 Å². The average molecular weight is 310 g/mol. The van der Waals surface area contributed by atoms with Crippen molar-refractivity contribution in [2.24, 2.45) is 0 Å². The molecule has 19 heavy (non-hydrogen) atoms. The van der Waals surface area contributed by atoms with Gasteiger partial charge < -0.3 is 15.5 Å². The molecule has 1 atom stereocenters. The zero-order chi connectivity index (χ0) is 11.7. The molecule has 4 nitrogen and oxygen atoms in total. The van der Waals surface area contributed by atoms with Gasteiger partial charge >= 0.3 is 0 Å². The molecular weight excluding hydrogens is 285 g/mol. The number of amides is 1. The first kappa shape index (κ1) is 17.0. The van der Waals surface area contributed by atoms with Crippen LogP contribution < -0.4 is 10.6 Å². The number of carbonyl (C=O) groups excluding carboxylic acids is 1. The minimum absolute atomic E-state index is 0. The minimum atomic E-state index is 0. The number of rotatable bonds is 3. The summed E-state index contributed by atoms with van der Waals surface area (Å²) in [4.78, 5) is 14.5. The molecule has 0 spiro atoms. The van der Waals surface area contributed by atoms with Crippen molar-refractivity contribution in [1.29, 1.82) is 0 Å². The fourth-order valence-corrected chi connectivity index (χ4v) is 3.06. The summed E-state index contributed by atoms with van der Waals surface area (Å²) in [6, 6.07) is 1.37. The van der Waals surface area contributed by atoms with E-state index in [2.05, 4.69) is 15.5 Å². The third-order valence-electron chi connectivity index (χ3n) is 4.32. The van der Waals surface area contributed by atoms with Gasteiger partial charge in [0, 0.05) is 25.2 Å². The molecule has 0 radical (unpaired) electrons. The molecule has 1 aliphatic carbocycles. The van der Waals surface area contributed by atoms with Crippen molar-refractivity contribution in [2.45, 2.75) is 56.7 Å². The summed E-state index contributed by atoms with van der Waals surface area (Å²) in [5, 5.41) is 6.47. The first-order valence-corrected chi connectivity index (χ1v) is 7.11. The van der Waals surface area contributed by atoms with Gasteiger partial charge in [-0.05, 0) is 45.1 Å². The molecule has 0 aromatic rings. The lowest BCUT2D eigenvalue weighted by molar-refractivity contribution is -0.123. The Morgan fingerprint density at radius 3 is 2.26 bits per heavy atom. The van der Waals surface area contributed by atoms with E-state index in [1.165, 1.54) is 25.9 Å². The van der Waals surface area contributed by atoms with Crippen LogP contribution in [0.1, 0.15) is 38.5 Å². The quantitative estimate of drug-likeness (QED) is 0.826. The van der Waals surface area contributed by atoms with Crippen molar-refractivity contribution in [3.05, 3.63) is 0 Å². The van der Waals surface area contributed by atoms with Crippen LogP contribution in [0.2, 0.25) is 0 Å². The SMILES string of the molecule is Cl.Cl.O=C(NC1CCN(C2CC2)CC1)[C@@H]1CCCN1. The first-order valence-electron chi connectivity index (χ1n) is 7.11. The Bertz CT molecular complexity index is 286. The van der Waals surface area contributed by atoms with E-state index in [0.717, 1.165) is 38.3 Å². The standard InChI is InChI=1S/C13H23N3O.2ClH/c17-13(12-2-1-7-14-12)15-10-5-8-16(9-6-10)11-3-4-11;;/h10-12,14H,1-9H2,(H,15,17);2*1H/t12-;;/m0../s1. The molecule has 2 N–H and O–H groups in total. The van der Waals surface area contributed by atoms with Gasteiger partial charge in [0.1, 0.15) is 0 Å². The highest BCUT2D eigenvalue weighted by molar-refractivity contribution is 5.85. The maximum atomic E-state index is 12.0. The zero-order valence-corrected chi connectivity index (χ0v) is 12.9. The van der Waals surface area contributed by atoms with Crippen LogP contribution in [0.4, 0.5) is 0 Å². The third kappa shape index (κ3) is 4.48. The Morgan fingerprint density at radius 2 is 1.74 bits per heavy atom. The van der Waals surface area contributed by atoms with Gasteiger partial charge in [-0.2, -0.15) is 0 Å². The second-order valence-corrected chi connectivity index (χ2v) is 5.70. The molecule has 3 fully saturated rings. The minimum Gasteiger partial charge on any atom is -0.352 e. The Kier molecular flexibility index (Phi) is 6.87. The lowest BCUT2D eigenvalue weighted by atomic mass is 10.0. The molecule has 2 saturated heterocycles. The number of likely N-dealkylation sites (tertiary alicyclic amines) is 1. The average Bonchev–Trinajstić information content (AvgIpc) is 3.05. The topological polar surface area (TPSA) is 44.4 Å². The van der Waals surface area contributed by atoms with Crippen LogP contribution in [-0.4, -0.2) is 48.6 Å². The van der Waals surface area contributed by atoms with Crippen LogP contribution in [0.5, 0.6) is 0 Å². The molecule has 0 unspecified atom stereocenters. The Morgan fingerprint density at radius 1 is 1.05 bits per heavy atom. The van der Waals surface area contributed by atoms with Gasteiger partial charge in [0.15, 0.2) is 0 Å². The summed E-state index contributed by atoms with van der Waals surface area (Å²) < 4.78 is 0. The van der Waals surface area contributed by atoms with Gasteiger partial charge in [-0.15, -0.1) is 24.8 Å². The molecule has 3 rings (SSSR count). The summed E-state index contributed by atoms with van der Waals surface area (Å²) in [6.07, 6.45) is 7.20. The number of hydrogen-bond donors (Lipinski definition) is 2. The fraction of sp³-hybridized carbons (Fsp3) is 0.923. The van der Waals surface area contributed by atoms with E-state index < -0.39 is 0 Å². The first-order chi connectivity index (χ1) is 8.33. The van der Waals surface area contributed by atoms with Gasteiger partial charge in [0.2, 0.25) is 5.91 Å². The van der Waals surface area contributed by atoms with Gasteiger partial charge in [0.25, 0.3) is 0 Å². The monoisotopic (exact) mass is 309 g/mol. The van der Waals surface area contributed by atoms with E-state index in [1.54, 1.807) is 0 Å². The second kappa shape index (κ2) is 7.67. The van der Waals surface area contributed by atoms with Crippen molar-refractivity contribution in [1.82, 2.24) is 15.5 Å². The molecule has 6 heteroatoms. The summed E-state index contributed by atoms with van der Waals surface area (Å²) in [5.41, 5.74) is 0. The van der Waals surface area contributed by atoms with Crippen LogP contribution >= 0.6 is 24.8 Å². The second-order valence-electron chi connectivity index (χ2n) is 5.70. The predicted octanol–water partition coefficient (Wildman–Crippen LogP) is 1.32. The molecule has 0 aromatic heterocycles. The number of carbonyl (C=O) groups is 1. The number of hydrogen-bond acceptors (Lipinski definition) is 3. The summed E-state index contributed by atoms with van der Waals surface area (Å²) >= 11 is 0. The maximum Gasteiger partial charge on any atom is 0.237 e. The molecule has 0 bridgehead atoms. The molecule has 0 aromatic carbocycles. The van der Waals surface area contributed by atoms with Crippen LogP contribution in [0.15, 0.2) is 0 Å². The van der Waals surface area contributed by atoms with Crippen molar-refractivity contribution in [3.63, 3.8) is 0 Å². The van der Waals surface area contributed by atoms with Gasteiger partial charge in [-0.1, -0.05) is 0 Å². The van der Waals surface area contributed by atoms with Gasteiger partial charge in [-0.3, -0.25) is 4.79 Å². The molecule has 1 amide bonds. The summed E-state index contributed by atoms with van der Waals surface area (Å²) in [5.74, 6) is 0.229. The van der Waals surface area contributed by atoms with Crippen LogP contribution in [0.3, 0.4) is 0 Å². The van der Waals surface area contributed by atoms with E-state index in [-0.39, 0.29) is 36.8 Å². The predicted molar refractivity (Wildman–Crippen MR) is 81.3 cm³/mol. The Balaban J connectivity index is 0.000000902. The normalized spacial score (nSPS) is 28.3. The smallest absolute Gasteiger partial charge is 0.237 e. The Hall–Kier alpha value is -0.0300. The zero-order valence-electron chi connectivity index (χ0n) is 11.3. The number of piperidine rings is 1. The highest BCUT2D eigenvalue weighted by Crippen LogP contribution is 2.29. The maximum absolute atomic E-state index is 12.0. The van der Waals surface area contributed by atoms with E-state index in [0.29, 0.717) is 6.04 Å². The highest BCUT2D eigenvalue weighted by Gasteiger charge is 2.32. The van der Waals surface area contributed by atoms with Crippen molar-refractivity contribution < 1.29 is 4.79 Å². The third-order valence-corrected chi connectivity index (χ3v) is 4.32. The number of nitrogens with zero attached hydrogens (tertiary/aromatic N) is 1. The number of halogens is 2. The highest BCUT2D eigenvalue weighted by atomic mass is 35.5. The van der Waals surface area contributed by atoms with Crippen LogP contribution in [0.25, 0.3) is 0 Å². The van der Waals surface area contributed by atoms with E-state index in [1.807, 2.05) is 0 Å². The van der Waals surface area contributed by atoms with E-state index >= 15 is 0 Å². The molecule has 2 aliphatic heterocycles. The molecule has 112 valence electrons. The van der Waals surface area contributed by atoms with Crippen molar-refractivity contribution >= 4 is 30.7 Å². The van der Waals surface area contributed by atoms with Crippen LogP contribution in [-0.2, 0) is 4.79 Å².